The number of pyridine rings is 1. The number of hydrogen-bond acceptors (Lipinski definition) is 5. The lowest BCUT2D eigenvalue weighted by atomic mass is 9.97. The van der Waals surface area contributed by atoms with Crippen molar-refractivity contribution in [3.8, 4) is 0 Å². The summed E-state index contributed by atoms with van der Waals surface area (Å²) in [5.74, 6) is 1.69. The van der Waals surface area contributed by atoms with E-state index in [0.29, 0.717) is 18.9 Å². The minimum atomic E-state index is 0.191. The predicted octanol–water partition coefficient (Wildman–Crippen LogP) is 2.11. The van der Waals surface area contributed by atoms with Crippen LogP contribution in [0.1, 0.15) is 42.5 Å². The van der Waals surface area contributed by atoms with E-state index in [1.807, 2.05) is 17.0 Å². The van der Waals surface area contributed by atoms with Crippen molar-refractivity contribution in [3.63, 3.8) is 0 Å². The molecule has 2 aromatic heterocycles. The first-order valence-electron chi connectivity index (χ1n) is 7.69. The van der Waals surface area contributed by atoms with Crippen molar-refractivity contribution in [3.05, 3.63) is 41.8 Å². The van der Waals surface area contributed by atoms with Crippen molar-refractivity contribution >= 4 is 5.91 Å². The van der Waals surface area contributed by atoms with Crippen LogP contribution in [0.25, 0.3) is 0 Å². The van der Waals surface area contributed by atoms with Crippen molar-refractivity contribution in [2.24, 2.45) is 0 Å². The second-order valence-electron chi connectivity index (χ2n) is 5.71. The van der Waals surface area contributed by atoms with Crippen LogP contribution in [0.2, 0.25) is 0 Å². The first kappa shape index (κ1) is 14.7. The molecule has 0 aromatic carbocycles. The maximum absolute atomic E-state index is 12.4. The predicted molar refractivity (Wildman–Crippen MR) is 80.1 cm³/mol. The first-order valence-corrected chi connectivity index (χ1v) is 7.69. The maximum atomic E-state index is 12.4. The quantitative estimate of drug-likeness (QED) is 0.864. The van der Waals surface area contributed by atoms with Gasteiger partial charge in [0.15, 0.2) is 5.82 Å². The lowest BCUT2D eigenvalue weighted by Gasteiger charge is -2.31. The highest BCUT2D eigenvalue weighted by molar-refractivity contribution is 5.76. The van der Waals surface area contributed by atoms with E-state index >= 15 is 0 Å². The zero-order chi connectivity index (χ0) is 15.4. The third-order valence-electron chi connectivity index (χ3n) is 4.06. The standard InChI is InChI=1S/C16H20N4O2/c1-12-18-16(19-22-12)14-3-2-10-20(11-14)15(21)5-4-13-6-8-17-9-7-13/h6-9,14H,2-5,10-11H2,1H3/t14-/m1/s1. The van der Waals surface area contributed by atoms with Gasteiger partial charge in [-0.2, -0.15) is 4.98 Å². The Labute approximate surface area is 129 Å². The highest BCUT2D eigenvalue weighted by atomic mass is 16.5. The van der Waals surface area contributed by atoms with Gasteiger partial charge < -0.3 is 9.42 Å². The zero-order valence-electron chi connectivity index (χ0n) is 12.7. The smallest absolute Gasteiger partial charge is 0.223 e. The van der Waals surface area contributed by atoms with Crippen LogP contribution in [0, 0.1) is 6.92 Å². The van der Waals surface area contributed by atoms with Gasteiger partial charge in [0.1, 0.15) is 0 Å². The summed E-state index contributed by atoms with van der Waals surface area (Å²) in [7, 11) is 0. The number of piperidine rings is 1. The molecule has 116 valence electrons. The van der Waals surface area contributed by atoms with E-state index in [1.54, 1.807) is 19.3 Å². The summed E-state index contributed by atoms with van der Waals surface area (Å²) in [6, 6.07) is 3.91. The molecular weight excluding hydrogens is 280 g/mol. The van der Waals surface area contributed by atoms with E-state index in [0.717, 1.165) is 37.2 Å². The number of aromatic nitrogens is 3. The van der Waals surface area contributed by atoms with Gasteiger partial charge in [0.2, 0.25) is 11.8 Å². The minimum Gasteiger partial charge on any atom is -0.342 e. The monoisotopic (exact) mass is 300 g/mol. The highest BCUT2D eigenvalue weighted by Crippen LogP contribution is 2.25. The topological polar surface area (TPSA) is 72.1 Å². The molecule has 6 nitrogen and oxygen atoms in total. The van der Waals surface area contributed by atoms with Gasteiger partial charge in [0.25, 0.3) is 0 Å². The summed E-state index contributed by atoms with van der Waals surface area (Å²) in [4.78, 5) is 22.6. The molecule has 1 amide bonds. The Morgan fingerprint density at radius 1 is 1.41 bits per heavy atom. The molecule has 0 saturated carbocycles. The van der Waals surface area contributed by atoms with E-state index < -0.39 is 0 Å². The molecule has 1 atom stereocenters. The maximum Gasteiger partial charge on any atom is 0.223 e. The molecule has 0 radical (unpaired) electrons. The van der Waals surface area contributed by atoms with Gasteiger partial charge in [-0.25, -0.2) is 0 Å². The largest absolute Gasteiger partial charge is 0.342 e. The van der Waals surface area contributed by atoms with Crippen molar-refractivity contribution < 1.29 is 9.32 Å². The van der Waals surface area contributed by atoms with Crippen LogP contribution in [0.4, 0.5) is 0 Å². The summed E-state index contributed by atoms with van der Waals surface area (Å²) < 4.78 is 5.05. The lowest BCUT2D eigenvalue weighted by molar-refractivity contribution is -0.132. The van der Waals surface area contributed by atoms with Crippen molar-refractivity contribution in [2.75, 3.05) is 13.1 Å². The molecular formula is C16H20N4O2. The van der Waals surface area contributed by atoms with Crippen LogP contribution in [-0.2, 0) is 11.2 Å². The fourth-order valence-corrected chi connectivity index (χ4v) is 2.85. The fraction of sp³-hybridized carbons (Fsp3) is 0.500. The van der Waals surface area contributed by atoms with Crippen LogP contribution in [-0.4, -0.2) is 39.0 Å². The Kier molecular flexibility index (Phi) is 4.46. The number of amides is 1. The molecule has 0 bridgehead atoms. The second-order valence-corrected chi connectivity index (χ2v) is 5.71. The summed E-state index contributed by atoms with van der Waals surface area (Å²) in [5.41, 5.74) is 1.14. The average molecular weight is 300 g/mol. The number of rotatable bonds is 4. The van der Waals surface area contributed by atoms with Crippen LogP contribution >= 0.6 is 0 Å². The molecule has 1 fully saturated rings. The third-order valence-corrected chi connectivity index (χ3v) is 4.06. The Morgan fingerprint density at radius 2 is 2.23 bits per heavy atom. The fourth-order valence-electron chi connectivity index (χ4n) is 2.85. The molecule has 0 spiro atoms. The average Bonchev–Trinajstić information content (AvgIpc) is 3.00. The Balaban J connectivity index is 1.56. The molecule has 0 unspecified atom stereocenters. The van der Waals surface area contributed by atoms with E-state index in [2.05, 4.69) is 15.1 Å². The normalized spacial score (nSPS) is 18.4. The van der Waals surface area contributed by atoms with E-state index in [9.17, 15) is 4.79 Å². The minimum absolute atomic E-state index is 0.191. The van der Waals surface area contributed by atoms with Crippen LogP contribution in [0.3, 0.4) is 0 Å². The Hall–Kier alpha value is -2.24. The number of carbonyl (C=O) groups is 1. The Bertz CT molecular complexity index is 626. The van der Waals surface area contributed by atoms with Crippen molar-refractivity contribution in [1.29, 1.82) is 0 Å². The van der Waals surface area contributed by atoms with E-state index in [4.69, 9.17) is 4.52 Å². The highest BCUT2D eigenvalue weighted by Gasteiger charge is 2.27. The number of hydrogen-bond donors (Lipinski definition) is 0. The summed E-state index contributed by atoms with van der Waals surface area (Å²) in [6.07, 6.45) is 6.79. The SMILES string of the molecule is Cc1nc([C@@H]2CCCN(C(=O)CCc3ccncc3)C2)no1. The molecule has 3 rings (SSSR count). The van der Waals surface area contributed by atoms with Gasteiger partial charge in [-0.15, -0.1) is 0 Å². The van der Waals surface area contributed by atoms with Gasteiger partial charge in [-0.1, -0.05) is 5.16 Å². The van der Waals surface area contributed by atoms with Gasteiger partial charge in [0, 0.05) is 44.7 Å². The molecule has 2 aromatic rings. The number of aryl methyl sites for hydroxylation is 2. The van der Waals surface area contributed by atoms with E-state index in [-0.39, 0.29) is 11.8 Å². The Morgan fingerprint density at radius 3 is 2.95 bits per heavy atom. The van der Waals surface area contributed by atoms with Crippen LogP contribution in [0.5, 0.6) is 0 Å². The molecule has 22 heavy (non-hydrogen) atoms. The number of likely N-dealkylation sites (tertiary alicyclic amines) is 1. The van der Waals surface area contributed by atoms with Crippen molar-refractivity contribution in [2.45, 2.75) is 38.5 Å². The van der Waals surface area contributed by atoms with Crippen LogP contribution in [0.15, 0.2) is 29.0 Å². The number of carbonyl (C=O) groups excluding carboxylic acids is 1. The lowest BCUT2D eigenvalue weighted by Crippen LogP contribution is -2.39. The van der Waals surface area contributed by atoms with Crippen LogP contribution < -0.4 is 0 Å². The molecule has 0 aliphatic carbocycles. The zero-order valence-corrected chi connectivity index (χ0v) is 12.7. The second kappa shape index (κ2) is 6.68. The molecule has 6 heteroatoms. The van der Waals surface area contributed by atoms with Gasteiger partial charge in [0.05, 0.1) is 0 Å². The molecule has 0 N–H and O–H groups in total. The summed E-state index contributed by atoms with van der Waals surface area (Å²) >= 11 is 0. The van der Waals surface area contributed by atoms with Gasteiger partial charge in [-0.3, -0.25) is 9.78 Å². The molecule has 3 heterocycles. The third kappa shape index (κ3) is 3.50. The first-order chi connectivity index (χ1) is 10.7. The summed E-state index contributed by atoms with van der Waals surface area (Å²) in [5, 5.41) is 4.00. The van der Waals surface area contributed by atoms with Crippen molar-refractivity contribution in [1.82, 2.24) is 20.0 Å². The molecule has 1 saturated heterocycles. The summed E-state index contributed by atoms with van der Waals surface area (Å²) in [6.45, 7) is 3.30. The number of nitrogens with zero attached hydrogens (tertiary/aromatic N) is 4. The van der Waals surface area contributed by atoms with E-state index in [1.165, 1.54) is 0 Å². The molecule has 1 aliphatic rings. The van der Waals surface area contributed by atoms with Gasteiger partial charge >= 0.3 is 0 Å². The van der Waals surface area contributed by atoms with Gasteiger partial charge in [-0.05, 0) is 37.0 Å². The molecule has 1 aliphatic heterocycles.